The molecule has 1 aliphatic heterocycles. The molecule has 30 heavy (non-hydrogen) atoms. The van der Waals surface area contributed by atoms with Crippen molar-refractivity contribution >= 4 is 16.6 Å². The molecule has 2 N–H and O–H groups in total. The maximum Gasteiger partial charge on any atom is 0.329 e. The zero-order valence-corrected chi connectivity index (χ0v) is 17.2. The van der Waals surface area contributed by atoms with Crippen molar-refractivity contribution < 1.29 is 4.74 Å². The van der Waals surface area contributed by atoms with Crippen LogP contribution >= 0.6 is 0 Å². The highest BCUT2D eigenvalue weighted by Crippen LogP contribution is 2.45. The van der Waals surface area contributed by atoms with Gasteiger partial charge in [-0.05, 0) is 49.7 Å². The summed E-state index contributed by atoms with van der Waals surface area (Å²) in [4.78, 5) is 33.3. The van der Waals surface area contributed by atoms with Gasteiger partial charge in [-0.1, -0.05) is 0 Å². The number of anilines is 1. The van der Waals surface area contributed by atoms with Crippen LogP contribution in [0.15, 0.2) is 21.7 Å². The topological polar surface area (TPSA) is 83.7 Å². The molecule has 5 rings (SSSR count). The van der Waals surface area contributed by atoms with Crippen LogP contribution in [0.4, 0.5) is 5.69 Å². The lowest BCUT2D eigenvalue weighted by Gasteiger charge is -2.25. The molecule has 0 amide bonds. The van der Waals surface area contributed by atoms with E-state index in [1.807, 2.05) is 12.1 Å². The van der Waals surface area contributed by atoms with Crippen LogP contribution in [0, 0.1) is 18.4 Å². The lowest BCUT2D eigenvalue weighted by atomic mass is 9.98. The van der Waals surface area contributed by atoms with Crippen molar-refractivity contribution in [3.63, 3.8) is 0 Å². The van der Waals surface area contributed by atoms with Crippen molar-refractivity contribution in [2.75, 3.05) is 38.2 Å². The van der Waals surface area contributed by atoms with Crippen LogP contribution in [0.5, 0.6) is 5.75 Å². The Hall–Kier alpha value is -2.79. The predicted octanol–water partition coefficient (Wildman–Crippen LogP) is 1.76. The zero-order valence-electron chi connectivity index (χ0n) is 17.2. The highest BCUT2D eigenvalue weighted by molar-refractivity contribution is 5.90. The SMILES string of the molecule is [C-]#[N+]CCNC1CCC2CN(c3ccc4c(=O)[nH]c(=O)n(C5CC5)c4c3OC)CC21. The van der Waals surface area contributed by atoms with E-state index in [0.29, 0.717) is 41.1 Å². The quantitative estimate of drug-likeness (QED) is 0.561. The van der Waals surface area contributed by atoms with E-state index in [2.05, 4.69) is 20.0 Å². The van der Waals surface area contributed by atoms with E-state index >= 15 is 0 Å². The summed E-state index contributed by atoms with van der Waals surface area (Å²) in [6, 6.07) is 4.36. The molecule has 0 spiro atoms. The van der Waals surface area contributed by atoms with Gasteiger partial charge in [-0.25, -0.2) is 11.4 Å². The van der Waals surface area contributed by atoms with Crippen LogP contribution in [0.2, 0.25) is 0 Å². The lowest BCUT2D eigenvalue weighted by Crippen LogP contribution is -2.37. The van der Waals surface area contributed by atoms with Gasteiger partial charge in [0, 0.05) is 25.2 Å². The molecule has 3 aliphatic rings. The number of ether oxygens (including phenoxy) is 1. The van der Waals surface area contributed by atoms with Gasteiger partial charge >= 0.3 is 5.69 Å². The van der Waals surface area contributed by atoms with Gasteiger partial charge in [0.15, 0.2) is 5.75 Å². The number of rotatable bonds is 6. The highest BCUT2D eigenvalue weighted by Gasteiger charge is 2.43. The van der Waals surface area contributed by atoms with Gasteiger partial charge in [0.05, 0.1) is 24.7 Å². The number of hydrogen-bond acceptors (Lipinski definition) is 5. The van der Waals surface area contributed by atoms with Crippen molar-refractivity contribution in [2.45, 2.75) is 37.8 Å². The number of benzene rings is 1. The van der Waals surface area contributed by atoms with E-state index in [4.69, 9.17) is 11.3 Å². The van der Waals surface area contributed by atoms with Gasteiger partial charge in [-0.2, -0.15) is 0 Å². The molecule has 3 unspecified atom stereocenters. The Morgan fingerprint density at radius 1 is 1.23 bits per heavy atom. The first kappa shape index (κ1) is 19.2. The minimum atomic E-state index is -0.362. The summed E-state index contributed by atoms with van der Waals surface area (Å²) < 4.78 is 7.54. The Labute approximate surface area is 174 Å². The van der Waals surface area contributed by atoms with Gasteiger partial charge in [0.1, 0.15) is 5.52 Å². The molecule has 2 saturated carbocycles. The zero-order chi connectivity index (χ0) is 20.8. The third kappa shape index (κ3) is 3.08. The Morgan fingerprint density at radius 2 is 2.07 bits per heavy atom. The normalized spacial score (nSPS) is 25.5. The fourth-order valence-electron chi connectivity index (χ4n) is 5.46. The monoisotopic (exact) mass is 409 g/mol. The molecule has 8 nitrogen and oxygen atoms in total. The number of fused-ring (bicyclic) bond motifs is 2. The largest absolute Gasteiger partial charge is 0.492 e. The number of nitrogens with one attached hydrogen (secondary N) is 2. The number of H-pyrrole nitrogens is 1. The summed E-state index contributed by atoms with van der Waals surface area (Å²) in [5.74, 6) is 1.78. The van der Waals surface area contributed by atoms with Gasteiger partial charge in [-0.3, -0.25) is 14.3 Å². The Morgan fingerprint density at radius 3 is 2.80 bits per heavy atom. The van der Waals surface area contributed by atoms with E-state index in [9.17, 15) is 9.59 Å². The Bertz CT molecular complexity index is 1130. The Balaban J connectivity index is 1.51. The van der Waals surface area contributed by atoms with Gasteiger partial charge in [0.25, 0.3) is 5.56 Å². The molecule has 1 saturated heterocycles. The van der Waals surface area contributed by atoms with E-state index in [1.165, 1.54) is 6.42 Å². The first-order valence-electron chi connectivity index (χ1n) is 10.8. The van der Waals surface area contributed by atoms with Crippen molar-refractivity contribution in [1.29, 1.82) is 0 Å². The Kier molecular flexibility index (Phi) is 4.78. The summed E-state index contributed by atoms with van der Waals surface area (Å²) in [6.45, 7) is 10.1. The second-order valence-electron chi connectivity index (χ2n) is 8.72. The van der Waals surface area contributed by atoms with E-state index in [-0.39, 0.29) is 17.3 Å². The van der Waals surface area contributed by atoms with Gasteiger partial charge in [-0.15, -0.1) is 0 Å². The molecule has 158 valence electrons. The highest BCUT2D eigenvalue weighted by atomic mass is 16.5. The third-order valence-electron chi connectivity index (χ3n) is 6.98. The predicted molar refractivity (Wildman–Crippen MR) is 115 cm³/mol. The number of hydrogen-bond donors (Lipinski definition) is 2. The molecule has 1 aromatic carbocycles. The van der Waals surface area contributed by atoms with Crippen LogP contribution in [0.25, 0.3) is 15.7 Å². The van der Waals surface area contributed by atoms with Crippen molar-refractivity contribution in [2.24, 2.45) is 11.8 Å². The molecule has 3 fully saturated rings. The number of nitrogens with zero attached hydrogens (tertiary/aromatic N) is 3. The molecule has 8 heteroatoms. The summed E-state index contributed by atoms with van der Waals surface area (Å²) in [6.07, 6.45) is 4.23. The third-order valence-corrected chi connectivity index (χ3v) is 6.98. The molecule has 3 atom stereocenters. The lowest BCUT2D eigenvalue weighted by molar-refractivity contribution is 0.396. The van der Waals surface area contributed by atoms with Crippen molar-refractivity contribution in [3.8, 4) is 5.75 Å². The first-order valence-corrected chi connectivity index (χ1v) is 10.8. The molecule has 1 aromatic heterocycles. The van der Waals surface area contributed by atoms with E-state index in [1.54, 1.807) is 11.7 Å². The molecule has 2 heterocycles. The first-order chi connectivity index (χ1) is 14.6. The van der Waals surface area contributed by atoms with Crippen LogP contribution in [-0.2, 0) is 0 Å². The molecule has 0 bridgehead atoms. The summed E-state index contributed by atoms with van der Waals surface area (Å²) in [5.41, 5.74) is 0.862. The minimum Gasteiger partial charge on any atom is -0.492 e. The number of aromatic amines is 1. The molecular formula is C22H27N5O3. The fourth-order valence-corrected chi connectivity index (χ4v) is 5.46. The maximum absolute atomic E-state index is 12.6. The van der Waals surface area contributed by atoms with Crippen LogP contribution in [-0.4, -0.2) is 48.9 Å². The second kappa shape index (κ2) is 7.47. The average Bonchev–Trinajstić information content (AvgIpc) is 3.36. The molecule has 0 radical (unpaired) electrons. The van der Waals surface area contributed by atoms with Gasteiger partial charge in [0.2, 0.25) is 6.54 Å². The number of methoxy groups -OCH3 is 1. The molecular weight excluding hydrogens is 382 g/mol. The molecule has 2 aromatic rings. The standard InChI is InChI=1S/C22H27N5O3/c1-23-9-10-24-17-7-3-13-11-26(12-16(13)17)18-8-6-15-19(20(18)30-2)27(14-4-5-14)22(29)25-21(15)28/h6,8,13-14,16-17,24H,3-5,7,9-12H2,2H3,(H,25,28,29). The van der Waals surface area contributed by atoms with Crippen LogP contribution < -0.4 is 26.2 Å². The van der Waals surface area contributed by atoms with Crippen LogP contribution in [0.3, 0.4) is 0 Å². The van der Waals surface area contributed by atoms with E-state index in [0.717, 1.165) is 44.6 Å². The maximum atomic E-state index is 12.6. The van der Waals surface area contributed by atoms with Crippen molar-refractivity contribution in [3.05, 3.63) is 44.4 Å². The van der Waals surface area contributed by atoms with E-state index < -0.39 is 0 Å². The number of aromatic nitrogens is 2. The fraction of sp³-hybridized carbons (Fsp3) is 0.591. The van der Waals surface area contributed by atoms with Crippen molar-refractivity contribution in [1.82, 2.24) is 14.9 Å². The summed E-state index contributed by atoms with van der Waals surface area (Å²) in [5, 5.41) is 4.07. The minimum absolute atomic E-state index is 0.134. The summed E-state index contributed by atoms with van der Waals surface area (Å²) in [7, 11) is 1.62. The van der Waals surface area contributed by atoms with Gasteiger partial charge < -0.3 is 19.8 Å². The summed E-state index contributed by atoms with van der Waals surface area (Å²) >= 11 is 0. The second-order valence-corrected chi connectivity index (χ2v) is 8.72. The average molecular weight is 409 g/mol. The smallest absolute Gasteiger partial charge is 0.329 e. The van der Waals surface area contributed by atoms with Crippen LogP contribution in [0.1, 0.15) is 31.7 Å². The molecule has 2 aliphatic carbocycles.